The number of aromatic amines is 1. The number of nitrogens with zero attached hydrogens (tertiary/aromatic N) is 3. The van der Waals surface area contributed by atoms with Gasteiger partial charge in [0.15, 0.2) is 11.6 Å². The normalized spacial score (nSPS) is 13.9. The van der Waals surface area contributed by atoms with Crippen molar-refractivity contribution in [3.05, 3.63) is 63.0 Å². The number of halogens is 2. The number of hydrogen-bond donors (Lipinski definition) is 1. The second kappa shape index (κ2) is 9.20. The minimum absolute atomic E-state index is 0.00333. The Labute approximate surface area is 211 Å². The lowest BCUT2D eigenvalue weighted by Gasteiger charge is -2.19. The summed E-state index contributed by atoms with van der Waals surface area (Å²) in [5.41, 5.74) is -0.0462. The number of carbonyl (C=O) groups is 1. The van der Waals surface area contributed by atoms with Crippen LogP contribution in [0.25, 0.3) is 21.8 Å². The van der Waals surface area contributed by atoms with Crippen molar-refractivity contribution in [1.29, 1.82) is 0 Å². The van der Waals surface area contributed by atoms with Crippen LogP contribution in [-0.4, -0.2) is 37.9 Å². The van der Waals surface area contributed by atoms with Crippen molar-refractivity contribution in [2.75, 3.05) is 6.61 Å². The number of fused-ring (bicyclic) bond motifs is 2. The Kier molecular flexibility index (Phi) is 6.20. The van der Waals surface area contributed by atoms with Gasteiger partial charge in [-0.25, -0.2) is 14.1 Å². The zero-order valence-electron chi connectivity index (χ0n) is 20.2. The van der Waals surface area contributed by atoms with Gasteiger partial charge in [0, 0.05) is 5.39 Å². The molecule has 36 heavy (non-hydrogen) atoms. The summed E-state index contributed by atoms with van der Waals surface area (Å²) in [7, 11) is 0. The van der Waals surface area contributed by atoms with E-state index in [4.69, 9.17) is 21.1 Å². The predicted molar refractivity (Wildman–Crippen MR) is 134 cm³/mol. The first kappa shape index (κ1) is 24.2. The fourth-order valence-electron chi connectivity index (χ4n) is 4.01. The maximum Gasteiger partial charge on any atom is 0.328 e. The van der Waals surface area contributed by atoms with Crippen LogP contribution in [0.4, 0.5) is 4.39 Å². The van der Waals surface area contributed by atoms with Gasteiger partial charge in [0.05, 0.1) is 34.6 Å². The summed E-state index contributed by atoms with van der Waals surface area (Å²) in [6.07, 6.45) is 2.31. The van der Waals surface area contributed by atoms with Gasteiger partial charge in [0.25, 0.3) is 5.56 Å². The monoisotopic (exact) mass is 512 g/mol. The Morgan fingerprint density at radius 3 is 2.67 bits per heavy atom. The van der Waals surface area contributed by atoms with E-state index in [0.29, 0.717) is 40.3 Å². The highest BCUT2D eigenvalue weighted by Crippen LogP contribution is 2.36. The molecule has 1 fully saturated rings. The Hall–Kier alpha value is -3.46. The summed E-state index contributed by atoms with van der Waals surface area (Å²) in [5.74, 6) is -0.310. The molecule has 0 spiro atoms. The van der Waals surface area contributed by atoms with Crippen LogP contribution in [0.5, 0.6) is 5.75 Å². The zero-order valence-corrected chi connectivity index (χ0v) is 21.0. The second-order valence-corrected chi connectivity index (χ2v) is 10.5. The molecule has 1 N–H and O–H groups in total. The van der Waals surface area contributed by atoms with Crippen molar-refractivity contribution < 1.29 is 18.7 Å². The number of rotatable bonds is 7. The molecule has 10 heteroatoms. The van der Waals surface area contributed by atoms with E-state index in [1.807, 2.05) is 0 Å². The van der Waals surface area contributed by atoms with Crippen LogP contribution in [0.15, 0.2) is 35.1 Å². The molecular formula is C26H26ClFN4O4. The smallest absolute Gasteiger partial charge is 0.328 e. The van der Waals surface area contributed by atoms with Crippen LogP contribution >= 0.6 is 11.6 Å². The molecule has 1 saturated carbocycles. The second-order valence-electron chi connectivity index (χ2n) is 10.1. The molecule has 4 aromatic rings. The summed E-state index contributed by atoms with van der Waals surface area (Å²) < 4.78 is 27.3. The minimum atomic E-state index is -0.693. The molecule has 1 aliphatic rings. The predicted octanol–water partition coefficient (Wildman–Crippen LogP) is 4.79. The molecule has 8 nitrogen and oxygen atoms in total. The highest BCUT2D eigenvalue weighted by atomic mass is 35.5. The van der Waals surface area contributed by atoms with E-state index in [1.54, 1.807) is 51.1 Å². The maximum absolute atomic E-state index is 15.2. The number of ether oxygens (including phenoxy) is 2. The van der Waals surface area contributed by atoms with Crippen LogP contribution in [-0.2, 0) is 22.5 Å². The number of hydrogen-bond acceptors (Lipinski definition) is 6. The average molecular weight is 513 g/mol. The summed E-state index contributed by atoms with van der Waals surface area (Å²) in [6.45, 7) is 5.35. The van der Waals surface area contributed by atoms with Gasteiger partial charge in [-0.3, -0.25) is 9.59 Å². The van der Waals surface area contributed by atoms with Crippen molar-refractivity contribution >= 4 is 39.4 Å². The Morgan fingerprint density at radius 2 is 1.97 bits per heavy atom. The van der Waals surface area contributed by atoms with Crippen molar-refractivity contribution in [2.24, 2.45) is 5.92 Å². The van der Waals surface area contributed by atoms with Crippen LogP contribution < -0.4 is 10.3 Å². The van der Waals surface area contributed by atoms with Crippen LogP contribution in [0.3, 0.4) is 0 Å². The summed E-state index contributed by atoms with van der Waals surface area (Å²) in [6, 6.07) is 8.59. The molecule has 5 rings (SSSR count). The van der Waals surface area contributed by atoms with Gasteiger partial charge in [-0.15, -0.1) is 0 Å². The zero-order chi connectivity index (χ0) is 25.6. The number of aromatic nitrogens is 4. The molecule has 0 amide bonds. The van der Waals surface area contributed by atoms with E-state index in [2.05, 4.69) is 15.1 Å². The molecule has 0 saturated heterocycles. The Balaban J connectivity index is 1.50. The van der Waals surface area contributed by atoms with E-state index in [1.165, 1.54) is 0 Å². The Morgan fingerprint density at radius 1 is 1.25 bits per heavy atom. The number of nitrogens with one attached hydrogen (secondary N) is 1. The third-order valence-corrected chi connectivity index (χ3v) is 6.10. The lowest BCUT2D eigenvalue weighted by atomic mass is 10.1. The van der Waals surface area contributed by atoms with Gasteiger partial charge >= 0.3 is 5.97 Å². The van der Waals surface area contributed by atoms with Gasteiger partial charge < -0.3 is 14.5 Å². The standard InChI is InChI=1S/C26H26ClFN4O4/c1-26(2,3)36-21(33)12-32-25(34)16-7-5-4-6-15(16)18(31-32)11-20-29-19-10-17(27)24(22(28)23(19)30-20)35-13-14-8-9-14/h4-7,10,14H,8-9,11-13H2,1-3H3,(H,29,30). The van der Waals surface area contributed by atoms with Crippen molar-refractivity contribution in [3.8, 4) is 5.75 Å². The van der Waals surface area contributed by atoms with Crippen molar-refractivity contribution in [3.63, 3.8) is 0 Å². The number of esters is 1. The highest BCUT2D eigenvalue weighted by Gasteiger charge is 2.25. The largest absolute Gasteiger partial charge is 0.489 e. The van der Waals surface area contributed by atoms with Gasteiger partial charge in [-0.05, 0) is 51.7 Å². The molecule has 0 aliphatic heterocycles. The van der Waals surface area contributed by atoms with Gasteiger partial charge in [0.1, 0.15) is 23.5 Å². The van der Waals surface area contributed by atoms with Crippen LogP contribution in [0.2, 0.25) is 5.02 Å². The molecular weight excluding hydrogens is 487 g/mol. The van der Waals surface area contributed by atoms with E-state index < -0.39 is 22.9 Å². The minimum Gasteiger partial charge on any atom is -0.489 e. The number of benzene rings is 2. The van der Waals surface area contributed by atoms with E-state index in [0.717, 1.165) is 17.5 Å². The third-order valence-electron chi connectivity index (χ3n) is 5.81. The molecule has 188 valence electrons. The SMILES string of the molecule is CC(C)(C)OC(=O)Cn1nc(Cc2nc3c(F)c(OCC4CC4)c(Cl)cc3[nH]2)c2ccccc2c1=O. The molecule has 0 atom stereocenters. The first-order valence-corrected chi connectivity index (χ1v) is 12.2. The van der Waals surface area contributed by atoms with Crippen LogP contribution in [0.1, 0.15) is 45.1 Å². The first-order chi connectivity index (χ1) is 17.1. The average Bonchev–Trinajstić information content (AvgIpc) is 3.54. The van der Waals surface area contributed by atoms with E-state index >= 15 is 4.39 Å². The Bertz CT molecular complexity index is 1540. The summed E-state index contributed by atoms with van der Waals surface area (Å²) in [5, 5.41) is 5.65. The molecule has 0 radical (unpaired) electrons. The molecule has 0 unspecified atom stereocenters. The number of carbonyl (C=O) groups excluding carboxylic acids is 1. The fraction of sp³-hybridized carbons (Fsp3) is 0.385. The highest BCUT2D eigenvalue weighted by molar-refractivity contribution is 6.32. The number of H-pyrrole nitrogens is 1. The van der Waals surface area contributed by atoms with E-state index in [9.17, 15) is 9.59 Å². The molecule has 2 aromatic heterocycles. The third kappa shape index (κ3) is 5.06. The molecule has 2 heterocycles. The van der Waals surface area contributed by atoms with E-state index in [-0.39, 0.29) is 29.3 Å². The first-order valence-electron chi connectivity index (χ1n) is 11.8. The fourth-order valence-corrected chi connectivity index (χ4v) is 4.26. The summed E-state index contributed by atoms with van der Waals surface area (Å²) in [4.78, 5) is 32.9. The molecule has 2 aromatic carbocycles. The lowest BCUT2D eigenvalue weighted by Crippen LogP contribution is -2.32. The maximum atomic E-state index is 15.2. The van der Waals surface area contributed by atoms with Crippen molar-refractivity contribution in [2.45, 2.75) is 52.2 Å². The van der Waals surface area contributed by atoms with Gasteiger partial charge in [0.2, 0.25) is 0 Å². The van der Waals surface area contributed by atoms with Crippen molar-refractivity contribution in [1.82, 2.24) is 19.7 Å². The molecule has 1 aliphatic carbocycles. The quantitative estimate of drug-likeness (QED) is 0.357. The summed E-state index contributed by atoms with van der Waals surface area (Å²) >= 11 is 6.29. The molecule has 0 bridgehead atoms. The number of imidazole rings is 1. The van der Waals surface area contributed by atoms with Gasteiger partial charge in [-0.2, -0.15) is 5.10 Å². The van der Waals surface area contributed by atoms with Gasteiger partial charge in [-0.1, -0.05) is 29.8 Å². The van der Waals surface area contributed by atoms with Crippen LogP contribution in [0, 0.1) is 11.7 Å². The topological polar surface area (TPSA) is 99.1 Å². The lowest BCUT2D eigenvalue weighted by molar-refractivity contribution is -0.155.